The number of hydrogen-bond acceptors (Lipinski definition) is 12. The summed E-state index contributed by atoms with van der Waals surface area (Å²) in [7, 11) is 0. The fourth-order valence-electron chi connectivity index (χ4n) is 10.8. The maximum Gasteiger partial charge on any atom is 0.316 e. The van der Waals surface area contributed by atoms with E-state index in [-0.39, 0.29) is 70.2 Å². The van der Waals surface area contributed by atoms with Gasteiger partial charge < -0.3 is 35.3 Å². The Hall–Kier alpha value is -2.94. The van der Waals surface area contributed by atoms with E-state index in [2.05, 4.69) is 52.5 Å². The zero-order chi connectivity index (χ0) is 37.7. The van der Waals surface area contributed by atoms with Gasteiger partial charge in [-0.3, -0.25) is 14.4 Å². The number of nitrogen functional groups attached to an aromatic ring is 1. The van der Waals surface area contributed by atoms with Crippen molar-refractivity contribution in [3.05, 3.63) is 19.0 Å². The lowest BCUT2D eigenvalue weighted by molar-refractivity contribution is -0.205. The highest BCUT2D eigenvalue weighted by Crippen LogP contribution is 2.68. The number of carbonyl (C=O) groups is 3. The van der Waals surface area contributed by atoms with Crippen LogP contribution < -0.4 is 16.0 Å². The molecule has 4 N–H and O–H groups in total. The van der Waals surface area contributed by atoms with Crippen molar-refractivity contribution in [3.8, 4) is 0 Å². The second-order valence-corrected chi connectivity index (χ2v) is 18.3. The number of nitrogens with zero attached hydrogens (tertiary/aromatic N) is 6. The molecule has 2 aliphatic heterocycles. The predicted molar refractivity (Wildman–Crippen MR) is 213 cm³/mol. The highest BCUT2D eigenvalue weighted by atomic mass is 35.5. The zero-order valence-corrected chi connectivity index (χ0v) is 33.9. The van der Waals surface area contributed by atoms with E-state index >= 15 is 0 Å². The average Bonchev–Trinajstić information content (AvgIpc) is 3.74. The number of aliphatic hydroxyl groups excluding tert-OH is 1. The van der Waals surface area contributed by atoms with Crippen molar-refractivity contribution in [3.63, 3.8) is 0 Å². The first-order valence-electron chi connectivity index (χ1n) is 19.7. The molecule has 1 unspecified atom stereocenters. The molecule has 1 amide bonds. The minimum absolute atomic E-state index is 0. The van der Waals surface area contributed by atoms with Gasteiger partial charge in [-0.2, -0.15) is 9.97 Å². The maximum absolute atomic E-state index is 13.8. The van der Waals surface area contributed by atoms with Crippen molar-refractivity contribution in [2.24, 2.45) is 34.0 Å². The van der Waals surface area contributed by atoms with Crippen molar-refractivity contribution in [2.45, 2.75) is 103 Å². The number of ether oxygens (including phenoxy) is 1. The molecule has 7 rings (SSSR count). The highest BCUT2D eigenvalue weighted by molar-refractivity contribution is 8.00. The number of piperidine rings is 1. The van der Waals surface area contributed by atoms with Crippen molar-refractivity contribution in [1.82, 2.24) is 29.7 Å². The molecule has 15 heteroatoms. The van der Waals surface area contributed by atoms with Crippen LogP contribution in [0.1, 0.15) is 79.1 Å². The number of rotatable bonds is 9. The quantitative estimate of drug-likeness (QED) is 0.245. The number of halogens is 1. The summed E-state index contributed by atoms with van der Waals surface area (Å²) < 4.78 is 8.35. The summed E-state index contributed by atoms with van der Waals surface area (Å²) in [5.41, 5.74) is 5.92. The van der Waals surface area contributed by atoms with Gasteiger partial charge in [0.1, 0.15) is 11.9 Å². The first-order valence-corrected chi connectivity index (χ1v) is 20.7. The molecule has 9 atom stereocenters. The molecule has 0 spiro atoms. The lowest BCUT2D eigenvalue weighted by atomic mass is 9.44. The Bertz CT molecular complexity index is 1740. The van der Waals surface area contributed by atoms with Crippen LogP contribution in [0, 0.1) is 34.0 Å². The number of ketones is 1. The SMILES string of the molecule is C=C[C@]1(C)C[C@@H](OC(=O)CSC2CCCN(C(=O)CCn3cnc4c(N5CCNCC5)nc(N)nc43)C2)[C@]2(C)[C@H](C)CC[C@]3(CCC(=O)[C@@H]32)[C@@H](C)[C@@H]1O.Cl. The van der Waals surface area contributed by atoms with Gasteiger partial charge in [0.15, 0.2) is 17.0 Å². The van der Waals surface area contributed by atoms with Crippen LogP contribution in [0.15, 0.2) is 19.0 Å². The summed E-state index contributed by atoms with van der Waals surface area (Å²) in [6.07, 6.45) is 7.95. The highest BCUT2D eigenvalue weighted by Gasteiger charge is 2.68. The first kappa shape index (κ1) is 40.7. The van der Waals surface area contributed by atoms with Crippen LogP contribution in [-0.4, -0.2) is 110 Å². The summed E-state index contributed by atoms with van der Waals surface area (Å²) in [5.74, 6) is 0.947. The molecule has 5 fully saturated rings. The lowest BCUT2D eigenvalue weighted by Crippen LogP contribution is -2.63. The lowest BCUT2D eigenvalue weighted by Gasteiger charge is -2.61. The summed E-state index contributed by atoms with van der Waals surface area (Å²) in [6.45, 7) is 17.6. The van der Waals surface area contributed by atoms with E-state index in [4.69, 9.17) is 10.5 Å². The summed E-state index contributed by atoms with van der Waals surface area (Å²) in [5, 5.41) is 15.3. The van der Waals surface area contributed by atoms with Crippen LogP contribution in [0.3, 0.4) is 0 Å². The predicted octanol–water partition coefficient (Wildman–Crippen LogP) is 4.26. The number of piperazine rings is 1. The van der Waals surface area contributed by atoms with Crippen LogP contribution in [0.2, 0.25) is 0 Å². The van der Waals surface area contributed by atoms with Gasteiger partial charge in [-0.1, -0.05) is 33.8 Å². The van der Waals surface area contributed by atoms with Gasteiger partial charge in [-0.05, 0) is 55.8 Å². The Kier molecular flexibility index (Phi) is 12.0. The third-order valence-electron chi connectivity index (χ3n) is 14.2. The molecule has 5 aliphatic rings. The van der Waals surface area contributed by atoms with Gasteiger partial charge in [0.25, 0.3) is 0 Å². The van der Waals surface area contributed by atoms with Crippen LogP contribution in [-0.2, 0) is 25.7 Å². The Morgan fingerprint density at radius 3 is 2.67 bits per heavy atom. The zero-order valence-electron chi connectivity index (χ0n) is 32.3. The number of imidazole rings is 1. The Labute approximate surface area is 329 Å². The van der Waals surface area contributed by atoms with Crippen molar-refractivity contribution >= 4 is 64.8 Å². The fraction of sp³-hybridized carbons (Fsp3) is 0.744. The normalized spacial score (nSPS) is 35.5. The van der Waals surface area contributed by atoms with Gasteiger partial charge in [-0.25, -0.2) is 4.98 Å². The van der Waals surface area contributed by atoms with Gasteiger partial charge in [-0.15, -0.1) is 30.7 Å². The number of aliphatic hydroxyl groups is 1. The van der Waals surface area contributed by atoms with Gasteiger partial charge >= 0.3 is 5.97 Å². The van der Waals surface area contributed by atoms with Crippen LogP contribution in [0.5, 0.6) is 0 Å². The number of nitrogens with two attached hydrogens (primary N) is 1. The molecule has 2 aromatic heterocycles. The number of carbonyl (C=O) groups excluding carboxylic acids is 3. The van der Waals surface area contributed by atoms with Crippen LogP contribution in [0.25, 0.3) is 11.2 Å². The monoisotopic (exact) mass is 786 g/mol. The van der Waals surface area contributed by atoms with Crippen molar-refractivity contribution in [2.75, 3.05) is 55.7 Å². The Morgan fingerprint density at radius 1 is 1.17 bits per heavy atom. The first-order chi connectivity index (χ1) is 25.3. The molecule has 2 saturated heterocycles. The minimum atomic E-state index is -0.693. The molecular weight excluding hydrogens is 728 g/mol. The summed E-state index contributed by atoms with van der Waals surface area (Å²) in [6, 6.07) is 0. The number of Topliss-reactive ketones (excluding diaryl/α,β-unsaturated/α-hetero) is 1. The molecule has 2 bridgehead atoms. The molecule has 3 aliphatic carbocycles. The number of thioether (sulfide) groups is 1. The Morgan fingerprint density at radius 2 is 1.93 bits per heavy atom. The molecular formula is C39H59ClN8O5S. The molecule has 54 heavy (non-hydrogen) atoms. The number of anilines is 2. The smallest absolute Gasteiger partial charge is 0.316 e. The van der Waals surface area contributed by atoms with E-state index < -0.39 is 23.0 Å². The topological polar surface area (TPSA) is 169 Å². The molecule has 3 saturated carbocycles. The van der Waals surface area contributed by atoms with E-state index in [9.17, 15) is 19.5 Å². The van der Waals surface area contributed by atoms with E-state index in [1.54, 1.807) is 18.1 Å². The van der Waals surface area contributed by atoms with Gasteiger partial charge in [0, 0.05) is 80.7 Å². The number of esters is 1. The number of aromatic nitrogens is 4. The van der Waals surface area contributed by atoms with E-state index in [0.29, 0.717) is 50.1 Å². The van der Waals surface area contributed by atoms with Crippen molar-refractivity contribution < 1.29 is 24.2 Å². The van der Waals surface area contributed by atoms with E-state index in [1.807, 2.05) is 22.5 Å². The van der Waals surface area contributed by atoms with E-state index in [1.165, 1.54) is 0 Å². The van der Waals surface area contributed by atoms with Crippen molar-refractivity contribution in [1.29, 1.82) is 0 Å². The molecule has 0 aromatic carbocycles. The molecule has 298 valence electrons. The number of amides is 1. The number of hydrogen-bond donors (Lipinski definition) is 3. The van der Waals surface area contributed by atoms with Gasteiger partial charge in [0.05, 0.1) is 18.2 Å². The number of nitrogens with one attached hydrogen (secondary N) is 1. The van der Waals surface area contributed by atoms with Crippen LogP contribution >= 0.6 is 24.2 Å². The molecule has 2 aromatic rings. The third kappa shape index (κ3) is 7.13. The molecule has 13 nitrogen and oxygen atoms in total. The molecule has 4 heterocycles. The summed E-state index contributed by atoms with van der Waals surface area (Å²) >= 11 is 1.55. The molecule has 0 radical (unpaired) electrons. The second kappa shape index (κ2) is 15.9. The number of aryl methyl sites for hydroxylation is 1. The Balaban J connectivity index is 0.00000497. The number of likely N-dealkylation sites (tertiary alicyclic amines) is 1. The maximum atomic E-state index is 13.8. The largest absolute Gasteiger partial charge is 0.461 e. The number of fused-ring (bicyclic) bond motifs is 1. The minimum Gasteiger partial charge on any atom is -0.461 e. The van der Waals surface area contributed by atoms with Gasteiger partial charge in [0.2, 0.25) is 11.9 Å². The van der Waals surface area contributed by atoms with Crippen LogP contribution in [0.4, 0.5) is 11.8 Å². The standard InChI is InChI=1S/C39H58N8O5S.ClH/c1-6-37(4)20-28(38(5)24(2)9-12-39(25(3)33(37)51)13-10-27(48)32(38)39)52-30(50)22-53-26-8-7-16-46(21-26)29(49)11-17-47-23-42-31-34(43-36(40)44-35(31)47)45-18-14-41-15-19-45;/h6,23-26,28,32-33,41,51H,1,7-22H2,2-5H3,(H2,40,43,44);1H/t24-,25+,26?,28-,32-,33+,37-,38+,39+;/m1./s1. The second-order valence-electron chi connectivity index (χ2n) is 17.0. The fourth-order valence-corrected chi connectivity index (χ4v) is 11.8. The average molecular weight is 787 g/mol. The third-order valence-corrected chi connectivity index (χ3v) is 15.4. The summed E-state index contributed by atoms with van der Waals surface area (Å²) in [4.78, 5) is 58.6. The van der Waals surface area contributed by atoms with E-state index in [0.717, 1.165) is 64.1 Å².